The summed E-state index contributed by atoms with van der Waals surface area (Å²) in [6, 6.07) is 7.65. The Bertz CT molecular complexity index is 618. The van der Waals surface area contributed by atoms with Crippen LogP contribution >= 0.6 is 31.9 Å². The highest BCUT2D eigenvalue weighted by molar-refractivity contribution is 9.10. The van der Waals surface area contributed by atoms with Crippen molar-refractivity contribution in [3.05, 3.63) is 56.7 Å². The molecule has 2 atom stereocenters. The van der Waals surface area contributed by atoms with Crippen molar-refractivity contribution in [1.29, 1.82) is 0 Å². The summed E-state index contributed by atoms with van der Waals surface area (Å²) in [6.07, 6.45) is 3.34. The van der Waals surface area contributed by atoms with Crippen molar-refractivity contribution in [2.24, 2.45) is 0 Å². The monoisotopic (exact) mass is 383 g/mol. The average molecular weight is 385 g/mol. The minimum absolute atomic E-state index is 0.179. The fraction of sp³-hybridized carbons (Fsp3) is 0.214. The zero-order valence-electron chi connectivity index (χ0n) is 9.88. The van der Waals surface area contributed by atoms with E-state index in [1.807, 2.05) is 24.3 Å². The molecule has 1 aliphatic heterocycles. The number of ether oxygens (including phenoxy) is 1. The predicted molar refractivity (Wildman–Crippen MR) is 79.0 cm³/mol. The van der Waals surface area contributed by atoms with Gasteiger partial charge in [0.05, 0.1) is 6.10 Å². The molecule has 0 saturated heterocycles. The van der Waals surface area contributed by atoms with Crippen molar-refractivity contribution in [2.45, 2.75) is 18.6 Å². The topological polar surface area (TPSA) is 42.4 Å². The van der Waals surface area contributed by atoms with E-state index in [0.29, 0.717) is 6.42 Å². The molecule has 1 unspecified atom stereocenters. The standard InChI is InChI=1S/C14H11Br2NO2/c15-9-1-2-11-12(18)5-13(19-14(11)4-9)8-3-10(16)7-17-6-8/h1-4,6-7,12-13,18H,5H2/t12-,13?/m1/s1. The minimum atomic E-state index is -0.513. The van der Waals surface area contributed by atoms with Crippen LogP contribution in [0.5, 0.6) is 5.75 Å². The van der Waals surface area contributed by atoms with E-state index in [0.717, 1.165) is 25.8 Å². The third-order valence-electron chi connectivity index (χ3n) is 3.14. The van der Waals surface area contributed by atoms with E-state index in [1.165, 1.54) is 0 Å². The van der Waals surface area contributed by atoms with Gasteiger partial charge in [0.1, 0.15) is 11.9 Å². The number of hydrogen-bond acceptors (Lipinski definition) is 3. The van der Waals surface area contributed by atoms with Gasteiger partial charge in [0.25, 0.3) is 0 Å². The summed E-state index contributed by atoms with van der Waals surface area (Å²) in [5, 5.41) is 10.2. The lowest BCUT2D eigenvalue weighted by Gasteiger charge is -2.30. The van der Waals surface area contributed by atoms with Gasteiger partial charge in [-0.05, 0) is 34.1 Å². The van der Waals surface area contributed by atoms with Crippen molar-refractivity contribution in [1.82, 2.24) is 4.98 Å². The molecule has 2 aromatic rings. The van der Waals surface area contributed by atoms with Gasteiger partial charge in [-0.25, -0.2) is 0 Å². The van der Waals surface area contributed by atoms with E-state index in [9.17, 15) is 5.11 Å². The molecule has 0 radical (unpaired) electrons. The van der Waals surface area contributed by atoms with Crippen LogP contribution in [-0.4, -0.2) is 10.1 Å². The molecule has 0 amide bonds. The Hall–Kier alpha value is -0.910. The zero-order valence-corrected chi connectivity index (χ0v) is 13.1. The van der Waals surface area contributed by atoms with E-state index in [1.54, 1.807) is 12.4 Å². The van der Waals surface area contributed by atoms with Crippen LogP contribution in [0, 0.1) is 0 Å². The van der Waals surface area contributed by atoms with Crippen molar-refractivity contribution in [2.75, 3.05) is 0 Å². The molecule has 3 nitrogen and oxygen atoms in total. The van der Waals surface area contributed by atoms with Crippen molar-refractivity contribution in [3.8, 4) is 5.75 Å². The van der Waals surface area contributed by atoms with Gasteiger partial charge in [0.15, 0.2) is 0 Å². The third-order valence-corrected chi connectivity index (χ3v) is 4.07. The molecule has 19 heavy (non-hydrogen) atoms. The Kier molecular flexibility index (Phi) is 3.60. The van der Waals surface area contributed by atoms with Crippen LogP contribution in [-0.2, 0) is 0 Å². The molecule has 2 heterocycles. The fourth-order valence-corrected chi connectivity index (χ4v) is 2.95. The zero-order chi connectivity index (χ0) is 13.4. The Morgan fingerprint density at radius 3 is 2.79 bits per heavy atom. The third kappa shape index (κ3) is 2.68. The number of aromatic nitrogens is 1. The lowest BCUT2D eigenvalue weighted by atomic mass is 9.96. The van der Waals surface area contributed by atoms with Gasteiger partial charge in [-0.15, -0.1) is 0 Å². The molecule has 5 heteroatoms. The lowest BCUT2D eigenvalue weighted by molar-refractivity contribution is 0.0655. The Balaban J connectivity index is 1.96. The van der Waals surface area contributed by atoms with Crippen LogP contribution < -0.4 is 4.74 Å². The quantitative estimate of drug-likeness (QED) is 0.802. The molecule has 0 spiro atoms. The van der Waals surface area contributed by atoms with Crippen molar-refractivity contribution < 1.29 is 9.84 Å². The molecule has 0 aliphatic carbocycles. The van der Waals surface area contributed by atoms with Gasteiger partial charge in [0, 0.05) is 38.9 Å². The van der Waals surface area contributed by atoms with E-state index >= 15 is 0 Å². The molecule has 1 N–H and O–H groups in total. The maximum atomic E-state index is 10.2. The number of rotatable bonds is 1. The van der Waals surface area contributed by atoms with Gasteiger partial charge in [-0.3, -0.25) is 4.98 Å². The minimum Gasteiger partial charge on any atom is -0.485 e. The van der Waals surface area contributed by atoms with E-state index in [2.05, 4.69) is 36.8 Å². The maximum Gasteiger partial charge on any atom is 0.128 e. The normalized spacial score (nSPS) is 21.6. The summed E-state index contributed by atoms with van der Waals surface area (Å²) in [5.41, 5.74) is 1.79. The van der Waals surface area contributed by atoms with E-state index in [4.69, 9.17) is 4.74 Å². The van der Waals surface area contributed by atoms with Crippen LogP contribution in [0.15, 0.2) is 45.6 Å². The van der Waals surface area contributed by atoms with E-state index < -0.39 is 6.10 Å². The van der Waals surface area contributed by atoms with Gasteiger partial charge in [-0.2, -0.15) is 0 Å². The first-order chi connectivity index (χ1) is 9.13. The van der Waals surface area contributed by atoms with Crippen molar-refractivity contribution in [3.63, 3.8) is 0 Å². The highest BCUT2D eigenvalue weighted by Crippen LogP contribution is 2.41. The number of pyridine rings is 1. The maximum absolute atomic E-state index is 10.2. The molecular formula is C14H11Br2NO2. The first-order valence-electron chi connectivity index (χ1n) is 5.88. The van der Waals surface area contributed by atoms with Crippen LogP contribution in [0.25, 0.3) is 0 Å². The summed E-state index contributed by atoms with van der Waals surface area (Å²) in [6.45, 7) is 0. The van der Waals surface area contributed by atoms with Crippen LogP contribution in [0.2, 0.25) is 0 Å². The SMILES string of the molecule is O[C@@H]1CC(c2cncc(Br)c2)Oc2cc(Br)ccc21. The molecule has 1 aromatic heterocycles. The molecular weight excluding hydrogens is 374 g/mol. The molecule has 1 aromatic carbocycles. The Morgan fingerprint density at radius 1 is 1.16 bits per heavy atom. The van der Waals surface area contributed by atoms with Crippen molar-refractivity contribution >= 4 is 31.9 Å². The number of nitrogens with zero attached hydrogens (tertiary/aromatic N) is 1. The second-order valence-electron chi connectivity index (χ2n) is 4.48. The molecule has 0 saturated carbocycles. The molecule has 0 bridgehead atoms. The van der Waals surface area contributed by atoms with Gasteiger partial charge >= 0.3 is 0 Å². The largest absolute Gasteiger partial charge is 0.485 e. The molecule has 1 aliphatic rings. The second-order valence-corrected chi connectivity index (χ2v) is 6.31. The lowest BCUT2D eigenvalue weighted by Crippen LogP contribution is -2.19. The molecule has 0 fully saturated rings. The number of halogens is 2. The highest BCUT2D eigenvalue weighted by Gasteiger charge is 2.28. The van der Waals surface area contributed by atoms with Gasteiger partial charge in [0.2, 0.25) is 0 Å². The van der Waals surface area contributed by atoms with Crippen LogP contribution in [0.1, 0.15) is 29.8 Å². The van der Waals surface area contributed by atoms with Crippen LogP contribution in [0.4, 0.5) is 0 Å². The fourth-order valence-electron chi connectivity index (χ4n) is 2.23. The summed E-state index contributed by atoms with van der Waals surface area (Å²) in [5.74, 6) is 0.720. The smallest absolute Gasteiger partial charge is 0.128 e. The number of aliphatic hydroxyl groups excluding tert-OH is 1. The first kappa shape index (κ1) is 13.1. The number of benzene rings is 1. The Labute approximate surface area is 127 Å². The van der Waals surface area contributed by atoms with Crippen LogP contribution in [0.3, 0.4) is 0 Å². The highest BCUT2D eigenvalue weighted by atomic mass is 79.9. The van der Waals surface area contributed by atoms with Gasteiger partial charge < -0.3 is 9.84 Å². The van der Waals surface area contributed by atoms with E-state index in [-0.39, 0.29) is 6.10 Å². The average Bonchev–Trinajstić information content (AvgIpc) is 2.38. The summed E-state index contributed by atoms with van der Waals surface area (Å²) in [7, 11) is 0. The summed E-state index contributed by atoms with van der Waals surface area (Å²) >= 11 is 6.82. The summed E-state index contributed by atoms with van der Waals surface area (Å²) < 4.78 is 7.82. The number of fused-ring (bicyclic) bond motifs is 1. The first-order valence-corrected chi connectivity index (χ1v) is 7.46. The predicted octanol–water partition coefficient (Wildman–Crippen LogP) is 4.16. The second kappa shape index (κ2) is 5.23. The Morgan fingerprint density at radius 2 is 2.00 bits per heavy atom. The molecule has 3 rings (SSSR count). The number of aliphatic hydroxyl groups is 1. The number of hydrogen-bond donors (Lipinski definition) is 1. The van der Waals surface area contributed by atoms with Gasteiger partial charge in [-0.1, -0.05) is 22.0 Å². The molecule has 98 valence electrons. The summed E-state index contributed by atoms with van der Waals surface area (Å²) in [4.78, 5) is 4.14.